The van der Waals surface area contributed by atoms with Crippen LogP contribution in [0.1, 0.15) is 0 Å². The number of ether oxygens (including phenoxy) is 1. The first-order chi connectivity index (χ1) is 7.26. The van der Waals surface area contributed by atoms with E-state index in [1.54, 1.807) is 0 Å². The van der Waals surface area contributed by atoms with Gasteiger partial charge in [0, 0.05) is 0 Å². The van der Waals surface area contributed by atoms with E-state index in [4.69, 9.17) is 10.2 Å². The predicted molar refractivity (Wildman–Crippen MR) is 38.7 cm³/mol. The normalized spacial score (nSPS) is 19.6. The van der Waals surface area contributed by atoms with E-state index in [2.05, 4.69) is 9.26 Å². The molecule has 1 heterocycles. The quantitative estimate of drug-likeness (QED) is 0.278. The Morgan fingerprint density at radius 1 is 1.37 bits per heavy atom. The van der Waals surface area contributed by atoms with Crippen LogP contribution in [0.25, 0.3) is 0 Å². The van der Waals surface area contributed by atoms with Crippen LogP contribution < -0.4 is 169 Å². The van der Waals surface area contributed by atoms with Gasteiger partial charge < -0.3 is 38.9 Å². The molecule has 1 aliphatic heterocycles. The van der Waals surface area contributed by atoms with Gasteiger partial charge in [-0.15, -0.1) is 0 Å². The molecular formula is C6H6K3O9P. The molecule has 92 valence electrons. The van der Waals surface area contributed by atoms with Gasteiger partial charge in [-0.05, 0) is 5.76 Å². The molecule has 0 radical (unpaired) electrons. The number of hydrogen-bond donors (Lipinski definition) is 2. The van der Waals surface area contributed by atoms with Gasteiger partial charge in [0.2, 0.25) is 5.76 Å². The zero-order chi connectivity index (χ0) is 12.5. The minimum atomic E-state index is -5.56. The zero-order valence-electron chi connectivity index (χ0n) is 10.6. The summed E-state index contributed by atoms with van der Waals surface area (Å²) < 4.78 is 18.0. The minimum absolute atomic E-state index is 0. The average Bonchev–Trinajstić information content (AvgIpc) is 2.42. The molecule has 0 bridgehead atoms. The Morgan fingerprint density at radius 2 is 1.84 bits per heavy atom. The van der Waals surface area contributed by atoms with E-state index in [9.17, 15) is 24.3 Å². The topological polar surface area (TPSA) is 162 Å². The average molecular weight is 370 g/mol. The summed E-state index contributed by atoms with van der Waals surface area (Å²) in [6.07, 6.45) is -3.48. The van der Waals surface area contributed by atoms with Crippen LogP contribution in [0.2, 0.25) is 0 Å². The van der Waals surface area contributed by atoms with Gasteiger partial charge in [0.05, 0.1) is 6.61 Å². The molecule has 0 spiro atoms. The van der Waals surface area contributed by atoms with Crippen LogP contribution >= 0.6 is 7.82 Å². The fourth-order valence-corrected chi connectivity index (χ4v) is 1.38. The Labute approximate surface area is 236 Å². The van der Waals surface area contributed by atoms with Crippen molar-refractivity contribution in [2.45, 2.75) is 12.2 Å². The van der Waals surface area contributed by atoms with Crippen molar-refractivity contribution in [1.82, 2.24) is 0 Å². The van der Waals surface area contributed by atoms with Gasteiger partial charge in [0.15, 0.2) is 0 Å². The number of carbonyl (C=O) groups excluding carboxylic acids is 1. The first kappa shape index (κ1) is 27.6. The van der Waals surface area contributed by atoms with Gasteiger partial charge in [-0.25, -0.2) is 4.79 Å². The number of aliphatic hydroxyl groups excluding tert-OH is 2. The molecule has 1 rings (SSSR count). The van der Waals surface area contributed by atoms with Gasteiger partial charge in [0.25, 0.3) is 0 Å². The van der Waals surface area contributed by atoms with E-state index in [1.807, 2.05) is 0 Å². The van der Waals surface area contributed by atoms with Crippen LogP contribution in [0, 0.1) is 0 Å². The van der Waals surface area contributed by atoms with Gasteiger partial charge >= 0.3 is 160 Å². The van der Waals surface area contributed by atoms with Gasteiger partial charge in [0.1, 0.15) is 20.0 Å². The first-order valence-electron chi connectivity index (χ1n) is 3.89. The number of carbonyl (C=O) groups is 1. The molecule has 2 N–H and O–H groups in total. The van der Waals surface area contributed by atoms with Crippen molar-refractivity contribution in [3.8, 4) is 0 Å². The first-order valence-corrected chi connectivity index (χ1v) is 5.35. The largest absolute Gasteiger partial charge is 1.00 e. The second kappa shape index (κ2) is 12.2. The molecule has 0 fully saturated rings. The summed E-state index contributed by atoms with van der Waals surface area (Å²) in [4.78, 5) is 31.3. The van der Waals surface area contributed by atoms with Crippen LogP contribution in [0.15, 0.2) is 11.5 Å². The molecule has 0 saturated heterocycles. The third-order valence-corrected chi connectivity index (χ3v) is 2.05. The second-order valence-corrected chi connectivity index (χ2v) is 3.88. The number of aliphatic hydroxyl groups is 2. The molecule has 0 aliphatic carbocycles. The van der Waals surface area contributed by atoms with Crippen LogP contribution in [-0.2, 0) is 18.6 Å². The molecule has 9 nitrogen and oxygen atoms in total. The molecule has 0 aromatic heterocycles. The molecule has 2 atom stereocenters. The van der Waals surface area contributed by atoms with Crippen molar-refractivity contribution >= 4 is 13.8 Å². The Hall–Kier alpha value is 3.79. The third kappa shape index (κ3) is 9.00. The molecule has 0 aromatic rings. The number of cyclic esters (lactones) is 1. The Kier molecular flexibility index (Phi) is 17.7. The monoisotopic (exact) mass is 370 g/mol. The summed E-state index contributed by atoms with van der Waals surface area (Å²) in [6.45, 7) is -0.886. The Balaban J connectivity index is -0.000000853. The Morgan fingerprint density at radius 3 is 2.21 bits per heavy atom. The van der Waals surface area contributed by atoms with E-state index >= 15 is 0 Å². The Bertz CT molecular complexity index is 380. The van der Waals surface area contributed by atoms with Crippen molar-refractivity contribution in [1.29, 1.82) is 0 Å². The van der Waals surface area contributed by atoms with Crippen LogP contribution in [0.5, 0.6) is 0 Å². The maximum atomic E-state index is 11.2. The number of hydrogen-bond acceptors (Lipinski definition) is 9. The van der Waals surface area contributed by atoms with Crippen LogP contribution in [0.4, 0.5) is 0 Å². The van der Waals surface area contributed by atoms with E-state index in [0.717, 1.165) is 0 Å². The summed E-state index contributed by atoms with van der Waals surface area (Å²) >= 11 is 0. The van der Waals surface area contributed by atoms with Crippen molar-refractivity contribution in [3.63, 3.8) is 0 Å². The molecule has 0 amide bonds. The predicted octanol–water partition coefficient (Wildman–Crippen LogP) is -13.3. The van der Waals surface area contributed by atoms with Gasteiger partial charge in [-0.1, -0.05) is 0 Å². The summed E-state index contributed by atoms with van der Waals surface area (Å²) in [7, 11) is -5.56. The van der Waals surface area contributed by atoms with Gasteiger partial charge in [-0.3, -0.25) is 0 Å². The standard InChI is InChI=1S/C6H9O9P.3K/c7-1-2(8)4-3(9)5(6(10)14-4)15-16(11,12)13;;;/h2,4,7-9H,1H2,(H2,11,12,13);;;/q;3*+1/p-3/t2-,4+;;;/m0.../s1. The van der Waals surface area contributed by atoms with Crippen LogP contribution in [-0.4, -0.2) is 35.0 Å². The fraction of sp³-hybridized carbons (Fsp3) is 0.500. The number of esters is 1. The second-order valence-electron chi connectivity index (χ2n) is 2.81. The van der Waals surface area contributed by atoms with Crippen molar-refractivity contribution < 1.29 is 198 Å². The molecular weight excluding hydrogens is 364 g/mol. The number of phosphoric acid groups is 1. The van der Waals surface area contributed by atoms with E-state index in [0.29, 0.717) is 0 Å². The molecule has 0 aromatic carbocycles. The molecule has 19 heavy (non-hydrogen) atoms. The SMILES string of the molecule is O=C1O[C@H]([C@@H](O)CO)C([O-])=C1OP(=O)([O-])[O-].[K+].[K+].[K+]. The third-order valence-electron chi connectivity index (χ3n) is 1.64. The van der Waals surface area contributed by atoms with E-state index < -0.39 is 44.1 Å². The summed E-state index contributed by atoms with van der Waals surface area (Å²) in [5, 5.41) is 28.7. The van der Waals surface area contributed by atoms with Crippen molar-refractivity contribution in [2.24, 2.45) is 0 Å². The summed E-state index contributed by atoms with van der Waals surface area (Å²) in [5.41, 5.74) is 0. The smallest absolute Gasteiger partial charge is 0.870 e. The van der Waals surface area contributed by atoms with E-state index in [1.165, 1.54) is 0 Å². The molecule has 1 aliphatic rings. The van der Waals surface area contributed by atoms with Crippen molar-refractivity contribution in [3.05, 3.63) is 11.5 Å². The number of phosphoric ester groups is 1. The number of rotatable bonds is 4. The maximum Gasteiger partial charge on any atom is 1.00 e. The summed E-state index contributed by atoms with van der Waals surface area (Å²) in [5.74, 6) is -4.10. The van der Waals surface area contributed by atoms with E-state index in [-0.39, 0.29) is 154 Å². The maximum absolute atomic E-state index is 11.2. The zero-order valence-corrected chi connectivity index (χ0v) is 20.8. The molecule has 13 heteroatoms. The van der Waals surface area contributed by atoms with Crippen LogP contribution in [0.3, 0.4) is 0 Å². The molecule has 0 unspecified atom stereocenters. The summed E-state index contributed by atoms with van der Waals surface area (Å²) in [6, 6.07) is 0. The van der Waals surface area contributed by atoms with Gasteiger partial charge in [-0.2, -0.15) is 0 Å². The van der Waals surface area contributed by atoms with Crippen molar-refractivity contribution in [2.75, 3.05) is 6.61 Å². The fourth-order valence-electron chi connectivity index (χ4n) is 0.995. The minimum Gasteiger partial charge on any atom is -0.870 e. The molecule has 0 saturated carbocycles.